The first-order chi connectivity index (χ1) is 10.6. The van der Waals surface area contributed by atoms with Gasteiger partial charge in [0.2, 0.25) is 0 Å². The number of nitrogens with zero attached hydrogens (tertiary/aromatic N) is 3. The van der Waals surface area contributed by atoms with Gasteiger partial charge in [-0.1, -0.05) is 19.3 Å². The maximum absolute atomic E-state index is 12.3. The number of rotatable bonds is 6. The fourth-order valence-corrected chi connectivity index (χ4v) is 3.39. The Morgan fingerprint density at radius 3 is 2.68 bits per heavy atom. The predicted molar refractivity (Wildman–Crippen MR) is 89.0 cm³/mol. The van der Waals surface area contributed by atoms with Crippen LogP contribution in [0.3, 0.4) is 0 Å². The molecule has 0 saturated heterocycles. The summed E-state index contributed by atoms with van der Waals surface area (Å²) in [6, 6.07) is 2.62. The lowest BCUT2D eigenvalue weighted by Crippen LogP contribution is -2.47. The van der Waals surface area contributed by atoms with E-state index in [1.807, 2.05) is 16.5 Å². The maximum Gasteiger partial charge on any atom is 0.317 e. The van der Waals surface area contributed by atoms with Crippen LogP contribution >= 0.6 is 0 Å². The highest BCUT2D eigenvalue weighted by molar-refractivity contribution is 5.74. The molecule has 2 rings (SSSR count). The molecule has 0 aromatic carbocycles. The number of urea groups is 1. The van der Waals surface area contributed by atoms with Crippen molar-refractivity contribution in [1.29, 1.82) is 0 Å². The van der Waals surface area contributed by atoms with Crippen LogP contribution in [0.1, 0.15) is 56.8 Å². The van der Waals surface area contributed by atoms with Gasteiger partial charge in [-0.05, 0) is 46.1 Å². The second-order valence-electron chi connectivity index (χ2n) is 6.31. The summed E-state index contributed by atoms with van der Waals surface area (Å²) in [6.07, 6.45) is 7.06. The summed E-state index contributed by atoms with van der Waals surface area (Å²) >= 11 is 0. The molecular weight excluding hydrogens is 276 g/mol. The van der Waals surface area contributed by atoms with Gasteiger partial charge in [0.1, 0.15) is 0 Å². The predicted octanol–water partition coefficient (Wildman–Crippen LogP) is 3.25. The molecule has 1 saturated carbocycles. The van der Waals surface area contributed by atoms with E-state index in [-0.39, 0.29) is 6.03 Å². The van der Waals surface area contributed by atoms with Crippen molar-refractivity contribution in [3.8, 4) is 0 Å². The average molecular weight is 306 g/mol. The van der Waals surface area contributed by atoms with Crippen LogP contribution in [-0.4, -0.2) is 39.8 Å². The number of carbonyl (C=O) groups is 1. The Hall–Kier alpha value is -1.52. The van der Waals surface area contributed by atoms with Crippen LogP contribution in [0.4, 0.5) is 4.79 Å². The molecule has 0 radical (unpaired) electrons. The topological polar surface area (TPSA) is 50.2 Å². The van der Waals surface area contributed by atoms with E-state index in [1.54, 1.807) is 0 Å². The van der Waals surface area contributed by atoms with E-state index in [9.17, 15) is 4.79 Å². The number of nitrogens with one attached hydrogen (secondary N) is 1. The molecule has 2 amide bonds. The summed E-state index contributed by atoms with van der Waals surface area (Å²) in [4.78, 5) is 14.4. The molecular formula is C17H30N4O. The van der Waals surface area contributed by atoms with Crippen LogP contribution < -0.4 is 5.32 Å². The standard InChI is InChI=1S/C17H30N4O/c1-4-20(16-9-6-5-7-10-16)17(22)18-11-8-12-21-15(3)13-14(2)19-21/h13,16H,4-12H2,1-3H3,(H,18,22). The van der Waals surface area contributed by atoms with Crippen molar-refractivity contribution >= 4 is 6.03 Å². The second kappa shape index (κ2) is 8.20. The summed E-state index contributed by atoms with van der Waals surface area (Å²) < 4.78 is 2.01. The SMILES string of the molecule is CCN(C(=O)NCCCn1nc(C)cc1C)C1CCCCC1. The largest absolute Gasteiger partial charge is 0.338 e. The summed E-state index contributed by atoms with van der Waals surface area (Å²) in [5.74, 6) is 0. The van der Waals surface area contributed by atoms with Gasteiger partial charge < -0.3 is 10.2 Å². The summed E-state index contributed by atoms with van der Waals surface area (Å²) in [7, 11) is 0. The van der Waals surface area contributed by atoms with Crippen LogP contribution in [0, 0.1) is 13.8 Å². The number of hydrogen-bond acceptors (Lipinski definition) is 2. The Morgan fingerprint density at radius 2 is 2.09 bits per heavy atom. The van der Waals surface area contributed by atoms with Crippen molar-refractivity contribution in [2.24, 2.45) is 0 Å². The molecule has 1 aliphatic rings. The van der Waals surface area contributed by atoms with Crippen LogP contribution in [0.5, 0.6) is 0 Å². The van der Waals surface area contributed by atoms with Crippen molar-refractivity contribution in [1.82, 2.24) is 20.0 Å². The molecule has 1 aromatic heterocycles. The number of hydrogen-bond donors (Lipinski definition) is 1. The van der Waals surface area contributed by atoms with Gasteiger partial charge in [-0.3, -0.25) is 4.68 Å². The van der Waals surface area contributed by atoms with Gasteiger partial charge in [-0.25, -0.2) is 4.79 Å². The molecule has 0 atom stereocenters. The Labute approximate surface area is 134 Å². The molecule has 1 aliphatic carbocycles. The molecule has 1 aromatic rings. The number of aryl methyl sites for hydroxylation is 3. The van der Waals surface area contributed by atoms with Gasteiger partial charge in [-0.15, -0.1) is 0 Å². The molecule has 1 heterocycles. The molecule has 1 N–H and O–H groups in total. The van der Waals surface area contributed by atoms with E-state index in [4.69, 9.17) is 0 Å². The van der Waals surface area contributed by atoms with Gasteiger partial charge in [0.25, 0.3) is 0 Å². The van der Waals surface area contributed by atoms with E-state index in [0.29, 0.717) is 12.6 Å². The molecule has 5 nitrogen and oxygen atoms in total. The van der Waals surface area contributed by atoms with Gasteiger partial charge >= 0.3 is 6.03 Å². The molecule has 1 fully saturated rings. The molecule has 0 aliphatic heterocycles. The highest BCUT2D eigenvalue weighted by Crippen LogP contribution is 2.22. The Kier molecular flexibility index (Phi) is 6.28. The molecule has 22 heavy (non-hydrogen) atoms. The highest BCUT2D eigenvalue weighted by atomic mass is 16.2. The first-order valence-electron chi connectivity index (χ1n) is 8.67. The van der Waals surface area contributed by atoms with Crippen molar-refractivity contribution in [3.05, 3.63) is 17.5 Å². The van der Waals surface area contributed by atoms with Gasteiger partial charge in [0, 0.05) is 31.4 Å². The Morgan fingerprint density at radius 1 is 1.36 bits per heavy atom. The second-order valence-corrected chi connectivity index (χ2v) is 6.31. The summed E-state index contributed by atoms with van der Waals surface area (Å²) in [5.41, 5.74) is 2.23. The van der Waals surface area contributed by atoms with Gasteiger partial charge in [-0.2, -0.15) is 5.10 Å². The zero-order valence-corrected chi connectivity index (χ0v) is 14.3. The molecule has 0 bridgehead atoms. The summed E-state index contributed by atoms with van der Waals surface area (Å²) in [6.45, 7) is 8.52. The molecule has 5 heteroatoms. The highest BCUT2D eigenvalue weighted by Gasteiger charge is 2.23. The van der Waals surface area contributed by atoms with Gasteiger partial charge in [0.05, 0.1) is 5.69 Å². The van der Waals surface area contributed by atoms with Crippen LogP contribution in [0.2, 0.25) is 0 Å². The number of carbonyl (C=O) groups excluding carboxylic acids is 1. The smallest absolute Gasteiger partial charge is 0.317 e. The number of aromatic nitrogens is 2. The quantitative estimate of drug-likeness (QED) is 0.820. The zero-order valence-electron chi connectivity index (χ0n) is 14.3. The molecule has 0 unspecified atom stereocenters. The fourth-order valence-electron chi connectivity index (χ4n) is 3.39. The van der Waals surface area contributed by atoms with Crippen molar-refractivity contribution < 1.29 is 4.79 Å². The van der Waals surface area contributed by atoms with E-state index in [0.717, 1.165) is 38.0 Å². The van der Waals surface area contributed by atoms with E-state index in [2.05, 4.69) is 30.3 Å². The normalized spacial score (nSPS) is 15.8. The monoisotopic (exact) mass is 306 g/mol. The first kappa shape index (κ1) is 16.8. The van der Waals surface area contributed by atoms with Crippen molar-refractivity contribution in [2.75, 3.05) is 13.1 Å². The average Bonchev–Trinajstić information content (AvgIpc) is 2.83. The van der Waals surface area contributed by atoms with E-state index in [1.165, 1.54) is 25.0 Å². The minimum atomic E-state index is 0.0998. The third-order valence-electron chi connectivity index (χ3n) is 4.54. The van der Waals surface area contributed by atoms with Crippen LogP contribution in [0.15, 0.2) is 6.07 Å². The Bertz CT molecular complexity index is 477. The zero-order chi connectivity index (χ0) is 15.9. The van der Waals surface area contributed by atoms with E-state index >= 15 is 0 Å². The number of amides is 2. The van der Waals surface area contributed by atoms with Crippen molar-refractivity contribution in [3.63, 3.8) is 0 Å². The minimum absolute atomic E-state index is 0.0998. The lowest BCUT2D eigenvalue weighted by Gasteiger charge is -2.33. The van der Waals surface area contributed by atoms with E-state index < -0.39 is 0 Å². The summed E-state index contributed by atoms with van der Waals surface area (Å²) in [5, 5.41) is 7.52. The third-order valence-corrected chi connectivity index (χ3v) is 4.54. The van der Waals surface area contributed by atoms with Crippen LogP contribution in [-0.2, 0) is 6.54 Å². The maximum atomic E-state index is 12.3. The van der Waals surface area contributed by atoms with Crippen molar-refractivity contribution in [2.45, 2.75) is 71.9 Å². The fraction of sp³-hybridized carbons (Fsp3) is 0.765. The lowest BCUT2D eigenvalue weighted by atomic mass is 9.94. The van der Waals surface area contributed by atoms with Crippen LogP contribution in [0.25, 0.3) is 0 Å². The minimum Gasteiger partial charge on any atom is -0.338 e. The molecule has 124 valence electrons. The third kappa shape index (κ3) is 4.49. The van der Waals surface area contributed by atoms with Gasteiger partial charge in [0.15, 0.2) is 0 Å². The molecule has 0 spiro atoms. The Balaban J connectivity index is 1.73. The first-order valence-corrected chi connectivity index (χ1v) is 8.67. The lowest BCUT2D eigenvalue weighted by molar-refractivity contribution is 0.159.